The molecule has 0 saturated heterocycles. The van der Waals surface area contributed by atoms with Crippen molar-refractivity contribution in [3.8, 4) is 0 Å². The summed E-state index contributed by atoms with van der Waals surface area (Å²) in [5, 5.41) is 9.76. The SMILES string of the molecule is O=[N+]([O-])c1cnc(NS(=O)(=O)c2cccc(C(F)(F)F)c2)s1. The summed E-state index contributed by atoms with van der Waals surface area (Å²) < 4.78 is 63.6. The predicted molar refractivity (Wildman–Crippen MR) is 71.0 cm³/mol. The second-order valence-corrected chi connectivity index (χ2v) is 6.58. The van der Waals surface area contributed by atoms with E-state index in [0.29, 0.717) is 17.4 Å². The van der Waals surface area contributed by atoms with Crippen LogP contribution >= 0.6 is 11.3 Å². The zero-order valence-electron chi connectivity index (χ0n) is 10.4. The second kappa shape index (κ2) is 5.53. The van der Waals surface area contributed by atoms with Gasteiger partial charge in [0.1, 0.15) is 6.20 Å². The molecule has 118 valence electrons. The molecule has 0 saturated carbocycles. The second-order valence-electron chi connectivity index (χ2n) is 3.89. The Bertz CT molecular complexity index is 817. The van der Waals surface area contributed by atoms with E-state index in [-0.39, 0.29) is 5.13 Å². The molecule has 0 unspecified atom stereocenters. The molecule has 0 aliphatic rings. The van der Waals surface area contributed by atoms with Gasteiger partial charge in [0.05, 0.1) is 15.4 Å². The van der Waals surface area contributed by atoms with Gasteiger partial charge in [0.2, 0.25) is 5.13 Å². The van der Waals surface area contributed by atoms with E-state index in [4.69, 9.17) is 0 Å². The molecular formula is C10H6F3N3O4S2. The number of nitrogens with one attached hydrogen (secondary N) is 1. The van der Waals surface area contributed by atoms with Gasteiger partial charge >= 0.3 is 11.2 Å². The van der Waals surface area contributed by atoms with Crippen molar-refractivity contribution in [2.24, 2.45) is 0 Å². The third-order valence-corrected chi connectivity index (χ3v) is 4.70. The van der Waals surface area contributed by atoms with Crippen molar-refractivity contribution < 1.29 is 26.5 Å². The summed E-state index contributed by atoms with van der Waals surface area (Å²) in [6.07, 6.45) is -3.85. The van der Waals surface area contributed by atoms with Crippen molar-refractivity contribution in [1.82, 2.24) is 4.98 Å². The minimum atomic E-state index is -4.69. The molecule has 0 spiro atoms. The Balaban J connectivity index is 2.32. The molecule has 1 heterocycles. The van der Waals surface area contributed by atoms with Crippen LogP contribution in [-0.4, -0.2) is 18.3 Å². The monoisotopic (exact) mass is 353 g/mol. The molecule has 2 rings (SSSR count). The third-order valence-electron chi connectivity index (χ3n) is 2.37. The lowest BCUT2D eigenvalue weighted by Gasteiger charge is -2.09. The van der Waals surface area contributed by atoms with Gasteiger partial charge in [0.15, 0.2) is 0 Å². The average Bonchev–Trinajstić information content (AvgIpc) is 2.86. The van der Waals surface area contributed by atoms with Gasteiger partial charge in [-0.05, 0) is 29.5 Å². The topological polar surface area (TPSA) is 102 Å². The molecule has 7 nitrogen and oxygen atoms in total. The Morgan fingerprint density at radius 1 is 1.32 bits per heavy atom. The van der Waals surface area contributed by atoms with Crippen molar-refractivity contribution in [3.05, 3.63) is 46.1 Å². The first-order chi connectivity index (χ1) is 10.1. The molecule has 0 radical (unpaired) electrons. The molecule has 22 heavy (non-hydrogen) atoms. The highest BCUT2D eigenvalue weighted by Crippen LogP contribution is 2.31. The van der Waals surface area contributed by atoms with Crippen LogP contribution in [0.25, 0.3) is 0 Å². The van der Waals surface area contributed by atoms with E-state index in [1.165, 1.54) is 0 Å². The normalized spacial score (nSPS) is 12.1. The number of nitrogens with zero attached hydrogens (tertiary/aromatic N) is 2. The summed E-state index contributed by atoms with van der Waals surface area (Å²) in [7, 11) is -4.33. The Morgan fingerprint density at radius 3 is 2.55 bits per heavy atom. The fraction of sp³-hybridized carbons (Fsp3) is 0.100. The maximum absolute atomic E-state index is 12.6. The van der Waals surface area contributed by atoms with Crippen molar-refractivity contribution in [2.45, 2.75) is 11.1 Å². The highest BCUT2D eigenvalue weighted by molar-refractivity contribution is 7.93. The number of benzene rings is 1. The maximum atomic E-state index is 12.6. The molecule has 1 N–H and O–H groups in total. The first-order valence-electron chi connectivity index (χ1n) is 5.40. The van der Waals surface area contributed by atoms with Gasteiger partial charge in [-0.3, -0.25) is 14.8 Å². The molecule has 2 aromatic rings. The van der Waals surface area contributed by atoms with E-state index in [9.17, 15) is 31.7 Å². The zero-order valence-corrected chi connectivity index (χ0v) is 12.0. The lowest BCUT2D eigenvalue weighted by molar-refractivity contribution is -0.380. The van der Waals surface area contributed by atoms with E-state index >= 15 is 0 Å². The number of thiazole rings is 1. The molecule has 0 aliphatic heterocycles. The molecule has 0 amide bonds. The first kappa shape index (κ1) is 16.2. The summed E-state index contributed by atoms with van der Waals surface area (Å²) in [6.45, 7) is 0. The number of anilines is 1. The third kappa shape index (κ3) is 3.51. The number of halogens is 3. The zero-order chi connectivity index (χ0) is 16.5. The average molecular weight is 353 g/mol. The highest BCUT2D eigenvalue weighted by atomic mass is 32.2. The van der Waals surface area contributed by atoms with Gasteiger partial charge in [-0.15, -0.1) is 0 Å². The molecular weight excluding hydrogens is 347 g/mol. The van der Waals surface area contributed by atoms with Crippen LogP contribution in [0.1, 0.15) is 5.56 Å². The number of hydrogen-bond donors (Lipinski definition) is 1. The summed E-state index contributed by atoms with van der Waals surface area (Å²) in [5.74, 6) is 0. The fourth-order valence-electron chi connectivity index (χ4n) is 1.41. The van der Waals surface area contributed by atoms with E-state index in [0.717, 1.165) is 24.4 Å². The minimum absolute atomic E-state index is 0.316. The quantitative estimate of drug-likeness (QED) is 0.672. The Labute approximate surface area is 125 Å². The standard InChI is InChI=1S/C10H6F3N3O4S2/c11-10(12,13)6-2-1-3-7(4-6)22(19,20)15-9-14-5-8(21-9)16(17)18/h1-5H,(H,14,15). The summed E-state index contributed by atoms with van der Waals surface area (Å²) in [5.41, 5.74) is -1.12. The van der Waals surface area contributed by atoms with Gasteiger partial charge in [0.25, 0.3) is 10.0 Å². The van der Waals surface area contributed by atoms with Crippen molar-refractivity contribution >= 4 is 31.5 Å². The van der Waals surface area contributed by atoms with Crippen molar-refractivity contribution in [3.63, 3.8) is 0 Å². The van der Waals surface area contributed by atoms with Gasteiger partial charge < -0.3 is 0 Å². The Kier molecular flexibility index (Phi) is 4.06. The fourth-order valence-corrected chi connectivity index (χ4v) is 3.33. The van der Waals surface area contributed by atoms with Gasteiger partial charge in [-0.1, -0.05) is 6.07 Å². The van der Waals surface area contributed by atoms with Crippen LogP contribution in [0.3, 0.4) is 0 Å². The van der Waals surface area contributed by atoms with Gasteiger partial charge in [-0.25, -0.2) is 13.4 Å². The van der Waals surface area contributed by atoms with Gasteiger partial charge in [0, 0.05) is 0 Å². The van der Waals surface area contributed by atoms with E-state index in [2.05, 4.69) is 4.98 Å². The van der Waals surface area contributed by atoms with Gasteiger partial charge in [-0.2, -0.15) is 13.2 Å². The number of alkyl halides is 3. The van der Waals surface area contributed by atoms with Crippen molar-refractivity contribution in [1.29, 1.82) is 0 Å². The molecule has 0 bridgehead atoms. The number of rotatable bonds is 4. The lowest BCUT2D eigenvalue weighted by Crippen LogP contribution is -2.14. The van der Waals surface area contributed by atoms with Crippen LogP contribution in [0.15, 0.2) is 35.4 Å². The molecule has 0 aliphatic carbocycles. The Hall–Kier alpha value is -2.21. The van der Waals surface area contributed by atoms with E-state index in [1.807, 2.05) is 4.72 Å². The van der Waals surface area contributed by atoms with Crippen LogP contribution < -0.4 is 4.72 Å². The molecule has 1 aromatic heterocycles. The smallest absolute Gasteiger partial charge is 0.257 e. The number of hydrogen-bond acceptors (Lipinski definition) is 6. The number of nitro groups is 1. The Morgan fingerprint density at radius 2 is 2.00 bits per heavy atom. The van der Waals surface area contributed by atoms with Crippen LogP contribution in [-0.2, 0) is 16.2 Å². The maximum Gasteiger partial charge on any atom is 0.416 e. The summed E-state index contributed by atoms with van der Waals surface area (Å²) in [4.78, 5) is 12.6. The van der Waals surface area contributed by atoms with Crippen molar-refractivity contribution in [2.75, 3.05) is 4.72 Å². The summed E-state index contributed by atoms with van der Waals surface area (Å²) in [6, 6.07) is 3.11. The predicted octanol–water partition coefficient (Wildman–Crippen LogP) is 2.87. The largest absolute Gasteiger partial charge is 0.416 e. The molecule has 1 aromatic carbocycles. The first-order valence-corrected chi connectivity index (χ1v) is 7.70. The number of sulfonamides is 1. The molecule has 12 heteroatoms. The lowest BCUT2D eigenvalue weighted by atomic mass is 10.2. The molecule has 0 fully saturated rings. The van der Waals surface area contributed by atoms with E-state index < -0.39 is 36.6 Å². The highest BCUT2D eigenvalue weighted by Gasteiger charge is 2.31. The van der Waals surface area contributed by atoms with Crippen LogP contribution in [0.2, 0.25) is 0 Å². The van der Waals surface area contributed by atoms with Crippen LogP contribution in [0, 0.1) is 10.1 Å². The van der Waals surface area contributed by atoms with Crippen LogP contribution in [0.5, 0.6) is 0 Å². The van der Waals surface area contributed by atoms with Crippen LogP contribution in [0.4, 0.5) is 23.3 Å². The minimum Gasteiger partial charge on any atom is -0.257 e. The number of aromatic nitrogens is 1. The molecule has 0 atom stereocenters. The van der Waals surface area contributed by atoms with E-state index in [1.54, 1.807) is 0 Å². The summed E-state index contributed by atoms with van der Waals surface area (Å²) >= 11 is 0.450.